The number of carbonyl (C=O) groups is 1. The highest BCUT2D eigenvalue weighted by atomic mass is 35.5. The Kier molecular flexibility index (Phi) is 6.17. The van der Waals surface area contributed by atoms with Crippen LogP contribution in [-0.4, -0.2) is 41.0 Å². The monoisotopic (exact) mass is 321 g/mol. The summed E-state index contributed by atoms with van der Waals surface area (Å²) in [6, 6.07) is 2.34. The molecule has 20 heavy (non-hydrogen) atoms. The minimum Gasteiger partial charge on any atom is -0.337 e. The molecule has 2 aliphatic heterocycles. The van der Waals surface area contributed by atoms with Crippen LogP contribution in [0.1, 0.15) is 29.6 Å². The summed E-state index contributed by atoms with van der Waals surface area (Å²) in [5.41, 5.74) is 0.128. The van der Waals surface area contributed by atoms with E-state index in [4.69, 9.17) is 0 Å². The minimum absolute atomic E-state index is 0. The number of nitrogens with zero attached hydrogens (tertiary/aromatic N) is 2. The van der Waals surface area contributed by atoms with Gasteiger partial charge in [-0.05, 0) is 25.3 Å². The van der Waals surface area contributed by atoms with Gasteiger partial charge in [-0.1, -0.05) is 0 Å². The maximum absolute atomic E-state index is 13.6. The number of pyridine rings is 1. The molecular weight excluding hydrogens is 304 g/mol. The Morgan fingerprint density at radius 1 is 1.30 bits per heavy atom. The van der Waals surface area contributed by atoms with Crippen molar-refractivity contribution in [3.63, 3.8) is 0 Å². The van der Waals surface area contributed by atoms with Crippen LogP contribution in [0.3, 0.4) is 0 Å². The van der Waals surface area contributed by atoms with E-state index in [-0.39, 0.29) is 36.3 Å². The number of nitrogens with one attached hydrogen (secondary N) is 1. The Morgan fingerprint density at radius 2 is 2.05 bits per heavy atom. The van der Waals surface area contributed by atoms with E-state index >= 15 is 0 Å². The normalized spacial score (nSPS) is 24.4. The minimum atomic E-state index is -0.537. The summed E-state index contributed by atoms with van der Waals surface area (Å²) in [4.78, 5) is 17.7. The Hall–Kier alpha value is -0.910. The van der Waals surface area contributed by atoms with Gasteiger partial charge in [0.2, 0.25) is 0 Å². The quantitative estimate of drug-likeness (QED) is 0.860. The van der Waals surface area contributed by atoms with Crippen molar-refractivity contribution in [3.05, 3.63) is 29.8 Å². The van der Waals surface area contributed by atoms with Gasteiger partial charge in [-0.15, -0.1) is 24.8 Å². The number of amides is 1. The molecule has 2 aliphatic rings. The van der Waals surface area contributed by atoms with E-state index in [0.29, 0.717) is 25.2 Å². The van der Waals surface area contributed by atoms with Crippen LogP contribution in [0.25, 0.3) is 0 Å². The van der Waals surface area contributed by atoms with Gasteiger partial charge in [-0.25, -0.2) is 4.39 Å². The average molecular weight is 322 g/mol. The zero-order valence-corrected chi connectivity index (χ0v) is 12.6. The third-order valence-corrected chi connectivity index (χ3v) is 3.81. The lowest BCUT2D eigenvalue weighted by molar-refractivity contribution is 0.0743. The maximum atomic E-state index is 13.6. The van der Waals surface area contributed by atoms with Gasteiger partial charge < -0.3 is 10.2 Å². The lowest BCUT2D eigenvalue weighted by Crippen LogP contribution is -2.39. The van der Waals surface area contributed by atoms with E-state index in [1.807, 2.05) is 0 Å². The van der Waals surface area contributed by atoms with Crippen LogP contribution in [0.15, 0.2) is 18.5 Å². The third-order valence-electron chi connectivity index (χ3n) is 3.81. The standard InChI is InChI=1S/C13H16FN3O.2ClH/c14-12-7-15-5-3-11(12)13(18)17-6-4-9-1-2-10(8-17)16-9;;/h3,5,7,9-10,16H,1-2,4,6,8H2;2*1H. The molecule has 1 aromatic heterocycles. The van der Waals surface area contributed by atoms with E-state index < -0.39 is 5.82 Å². The summed E-state index contributed by atoms with van der Waals surface area (Å²) >= 11 is 0. The SMILES string of the molecule is Cl.Cl.O=C(c1ccncc1F)N1CCC2CCC(C1)N2. The zero-order valence-electron chi connectivity index (χ0n) is 10.9. The molecule has 7 heteroatoms. The molecule has 1 N–H and O–H groups in total. The Labute approximate surface area is 130 Å². The van der Waals surface area contributed by atoms with Crippen molar-refractivity contribution in [1.29, 1.82) is 0 Å². The molecule has 112 valence electrons. The number of aromatic nitrogens is 1. The lowest BCUT2D eigenvalue weighted by Gasteiger charge is -2.24. The summed E-state index contributed by atoms with van der Waals surface area (Å²) in [5, 5.41) is 3.50. The summed E-state index contributed by atoms with van der Waals surface area (Å²) < 4.78 is 13.6. The number of fused-ring (bicyclic) bond motifs is 2. The fourth-order valence-corrected chi connectivity index (χ4v) is 2.85. The topological polar surface area (TPSA) is 45.2 Å². The van der Waals surface area contributed by atoms with Crippen molar-refractivity contribution >= 4 is 30.7 Å². The number of likely N-dealkylation sites (tertiary alicyclic amines) is 1. The number of rotatable bonds is 1. The molecule has 2 atom stereocenters. The van der Waals surface area contributed by atoms with Crippen LogP contribution in [0, 0.1) is 5.82 Å². The molecule has 3 heterocycles. The highest BCUT2D eigenvalue weighted by molar-refractivity contribution is 5.94. The van der Waals surface area contributed by atoms with Crippen LogP contribution in [-0.2, 0) is 0 Å². The van der Waals surface area contributed by atoms with Gasteiger partial charge in [0.05, 0.1) is 11.8 Å². The second-order valence-electron chi connectivity index (χ2n) is 5.03. The molecule has 2 bridgehead atoms. The first-order valence-electron chi connectivity index (χ1n) is 6.39. The molecule has 4 nitrogen and oxygen atoms in total. The highest BCUT2D eigenvalue weighted by Crippen LogP contribution is 2.21. The molecule has 1 aromatic rings. The third kappa shape index (κ3) is 3.40. The molecule has 0 aliphatic carbocycles. The van der Waals surface area contributed by atoms with Crippen molar-refractivity contribution < 1.29 is 9.18 Å². The zero-order chi connectivity index (χ0) is 12.5. The predicted molar refractivity (Wildman–Crippen MR) is 79.2 cm³/mol. The van der Waals surface area contributed by atoms with Gasteiger partial charge in [-0.2, -0.15) is 0 Å². The van der Waals surface area contributed by atoms with Gasteiger partial charge >= 0.3 is 0 Å². The molecule has 0 aromatic carbocycles. The fourth-order valence-electron chi connectivity index (χ4n) is 2.85. The summed E-state index contributed by atoms with van der Waals surface area (Å²) in [5.74, 6) is -0.755. The van der Waals surface area contributed by atoms with Crippen molar-refractivity contribution in [3.8, 4) is 0 Å². The molecule has 0 saturated carbocycles. The molecular formula is C13H18Cl2FN3O. The molecule has 0 spiro atoms. The number of hydrogen-bond donors (Lipinski definition) is 1. The molecule has 1 amide bonds. The van der Waals surface area contributed by atoms with Gasteiger partial charge in [0.1, 0.15) is 0 Å². The molecule has 0 radical (unpaired) electrons. The van der Waals surface area contributed by atoms with Crippen LogP contribution < -0.4 is 5.32 Å². The maximum Gasteiger partial charge on any atom is 0.256 e. The van der Waals surface area contributed by atoms with E-state index in [9.17, 15) is 9.18 Å². The number of halogens is 3. The van der Waals surface area contributed by atoms with Crippen LogP contribution >= 0.6 is 24.8 Å². The van der Waals surface area contributed by atoms with Crippen LogP contribution in [0.2, 0.25) is 0 Å². The van der Waals surface area contributed by atoms with Crippen LogP contribution in [0.4, 0.5) is 4.39 Å². The second-order valence-corrected chi connectivity index (χ2v) is 5.03. The van der Waals surface area contributed by atoms with E-state index in [1.165, 1.54) is 18.7 Å². The average Bonchev–Trinajstić information content (AvgIpc) is 2.69. The first-order chi connectivity index (χ1) is 8.74. The first kappa shape index (κ1) is 17.1. The van der Waals surface area contributed by atoms with Crippen molar-refractivity contribution in [2.75, 3.05) is 13.1 Å². The Morgan fingerprint density at radius 3 is 2.80 bits per heavy atom. The number of hydrogen-bond acceptors (Lipinski definition) is 3. The van der Waals surface area contributed by atoms with Crippen molar-refractivity contribution in [1.82, 2.24) is 15.2 Å². The van der Waals surface area contributed by atoms with Gasteiger partial charge in [-0.3, -0.25) is 9.78 Å². The molecule has 3 rings (SSSR count). The van der Waals surface area contributed by atoms with Crippen molar-refractivity contribution in [2.45, 2.75) is 31.3 Å². The smallest absolute Gasteiger partial charge is 0.256 e. The van der Waals surface area contributed by atoms with Gasteiger partial charge in [0.25, 0.3) is 5.91 Å². The molecule has 2 unspecified atom stereocenters. The van der Waals surface area contributed by atoms with Gasteiger partial charge in [0.15, 0.2) is 5.82 Å². The largest absolute Gasteiger partial charge is 0.337 e. The Bertz CT molecular complexity index is 475. The predicted octanol–water partition coefficient (Wildman–Crippen LogP) is 2.03. The number of carbonyl (C=O) groups excluding carboxylic acids is 1. The fraction of sp³-hybridized carbons (Fsp3) is 0.538. The molecule has 2 fully saturated rings. The first-order valence-corrected chi connectivity index (χ1v) is 6.39. The van der Waals surface area contributed by atoms with E-state index in [0.717, 1.165) is 19.0 Å². The summed E-state index contributed by atoms with van der Waals surface area (Å²) in [6.45, 7) is 1.38. The van der Waals surface area contributed by atoms with E-state index in [2.05, 4.69) is 10.3 Å². The molecule has 2 saturated heterocycles. The summed E-state index contributed by atoms with van der Waals surface area (Å²) in [7, 11) is 0. The highest BCUT2D eigenvalue weighted by Gasteiger charge is 2.31. The van der Waals surface area contributed by atoms with E-state index in [1.54, 1.807) is 4.90 Å². The van der Waals surface area contributed by atoms with Crippen molar-refractivity contribution in [2.24, 2.45) is 0 Å². The lowest BCUT2D eigenvalue weighted by atomic mass is 10.1. The second kappa shape index (κ2) is 7.20. The Balaban J connectivity index is 0.000001000. The summed E-state index contributed by atoms with van der Waals surface area (Å²) in [6.07, 6.45) is 5.80. The van der Waals surface area contributed by atoms with Crippen LogP contribution in [0.5, 0.6) is 0 Å². The van der Waals surface area contributed by atoms with Gasteiger partial charge in [0, 0.05) is 31.4 Å².